The average molecular weight is 372 g/mol. The highest BCUT2D eigenvalue weighted by Crippen LogP contribution is 2.22. The second-order valence-corrected chi connectivity index (χ2v) is 8.01. The Labute approximate surface area is 136 Å². The molecule has 0 amide bonds. The number of nitrogens with one attached hydrogen (secondary N) is 1. The number of rotatable bonds is 6. The van der Waals surface area contributed by atoms with Crippen molar-refractivity contribution in [3.05, 3.63) is 39.9 Å². The van der Waals surface area contributed by atoms with Crippen molar-refractivity contribution in [2.75, 3.05) is 6.54 Å². The molecule has 0 radical (unpaired) electrons. The first kappa shape index (κ1) is 16.7. The normalized spacial score (nSPS) is 15.8. The Kier molecular flexibility index (Phi) is 6.02. The highest BCUT2D eigenvalue weighted by molar-refractivity contribution is 9.10. The van der Waals surface area contributed by atoms with E-state index in [2.05, 4.69) is 26.7 Å². The molecule has 21 heavy (non-hydrogen) atoms. The molecule has 0 aromatic heterocycles. The maximum atomic E-state index is 12.4. The second kappa shape index (κ2) is 7.56. The van der Waals surface area contributed by atoms with Gasteiger partial charge in [0.2, 0.25) is 10.0 Å². The van der Waals surface area contributed by atoms with Crippen LogP contribution in [0.3, 0.4) is 0 Å². The van der Waals surface area contributed by atoms with Gasteiger partial charge in [-0.05, 0) is 62.3 Å². The van der Waals surface area contributed by atoms with E-state index >= 15 is 0 Å². The fourth-order valence-corrected chi connectivity index (χ4v) is 4.37. The third kappa shape index (κ3) is 4.66. The van der Waals surface area contributed by atoms with Gasteiger partial charge in [-0.1, -0.05) is 34.5 Å². The van der Waals surface area contributed by atoms with Crippen LogP contribution in [0.1, 0.15) is 44.6 Å². The van der Waals surface area contributed by atoms with Crippen molar-refractivity contribution in [3.63, 3.8) is 0 Å². The van der Waals surface area contributed by atoms with Gasteiger partial charge in [-0.25, -0.2) is 13.1 Å². The van der Waals surface area contributed by atoms with Crippen LogP contribution in [0.5, 0.6) is 0 Å². The molecule has 0 saturated heterocycles. The Balaban J connectivity index is 2.03. The fraction of sp³-hybridized carbons (Fsp3) is 0.500. The minimum absolute atomic E-state index is 0.394. The van der Waals surface area contributed by atoms with E-state index in [9.17, 15) is 8.42 Å². The monoisotopic (exact) mass is 371 g/mol. The summed E-state index contributed by atoms with van der Waals surface area (Å²) in [5.74, 6) is 0. The van der Waals surface area contributed by atoms with Crippen LogP contribution in [0, 0.1) is 0 Å². The van der Waals surface area contributed by atoms with Crippen LogP contribution < -0.4 is 4.72 Å². The predicted molar refractivity (Wildman–Crippen MR) is 89.9 cm³/mol. The lowest BCUT2D eigenvalue weighted by atomic mass is 9.97. The van der Waals surface area contributed by atoms with Crippen LogP contribution in [-0.2, 0) is 16.4 Å². The van der Waals surface area contributed by atoms with Crippen molar-refractivity contribution < 1.29 is 8.42 Å². The third-order valence-electron chi connectivity index (χ3n) is 3.82. The van der Waals surface area contributed by atoms with E-state index in [0.717, 1.165) is 29.3 Å². The van der Waals surface area contributed by atoms with Crippen LogP contribution in [0.2, 0.25) is 0 Å². The molecular formula is C16H22BrNO2S. The van der Waals surface area contributed by atoms with Gasteiger partial charge in [0.05, 0.1) is 4.90 Å². The van der Waals surface area contributed by atoms with E-state index in [4.69, 9.17) is 0 Å². The van der Waals surface area contributed by atoms with Gasteiger partial charge >= 0.3 is 0 Å². The first-order chi connectivity index (χ1) is 10.0. The smallest absolute Gasteiger partial charge is 0.211 e. The summed E-state index contributed by atoms with van der Waals surface area (Å²) in [4.78, 5) is 0.394. The molecule has 0 spiro atoms. The zero-order chi connectivity index (χ0) is 15.3. The number of sulfonamides is 1. The zero-order valence-corrected chi connectivity index (χ0v) is 14.8. The maximum Gasteiger partial charge on any atom is 0.240 e. The summed E-state index contributed by atoms with van der Waals surface area (Å²) in [6.45, 7) is 2.45. The van der Waals surface area contributed by atoms with Crippen LogP contribution in [0.15, 0.2) is 39.2 Å². The molecule has 2 rings (SSSR count). The number of hydrogen-bond acceptors (Lipinski definition) is 2. The van der Waals surface area contributed by atoms with Gasteiger partial charge in [0, 0.05) is 11.0 Å². The highest BCUT2D eigenvalue weighted by Gasteiger charge is 2.17. The molecule has 1 aromatic rings. The topological polar surface area (TPSA) is 46.2 Å². The van der Waals surface area contributed by atoms with Crippen LogP contribution in [0.4, 0.5) is 0 Å². The van der Waals surface area contributed by atoms with Gasteiger partial charge in [0.15, 0.2) is 0 Å². The lowest BCUT2D eigenvalue weighted by Crippen LogP contribution is -2.26. The number of hydrogen-bond donors (Lipinski definition) is 1. The first-order valence-electron chi connectivity index (χ1n) is 7.49. The summed E-state index contributed by atoms with van der Waals surface area (Å²) < 4.78 is 28.5. The molecule has 1 N–H and O–H groups in total. The summed E-state index contributed by atoms with van der Waals surface area (Å²) in [5, 5.41) is 0. The quantitative estimate of drug-likeness (QED) is 0.762. The second-order valence-electron chi connectivity index (χ2n) is 5.36. The van der Waals surface area contributed by atoms with E-state index in [1.165, 1.54) is 18.4 Å². The van der Waals surface area contributed by atoms with Crippen molar-refractivity contribution in [1.29, 1.82) is 0 Å². The molecule has 116 valence electrons. The first-order valence-corrected chi connectivity index (χ1v) is 9.76. The molecule has 1 aromatic carbocycles. The number of aryl methyl sites for hydroxylation is 1. The van der Waals surface area contributed by atoms with E-state index in [-0.39, 0.29) is 0 Å². The molecule has 1 aliphatic carbocycles. The molecule has 0 unspecified atom stereocenters. The molecule has 0 saturated carbocycles. The number of benzene rings is 1. The lowest BCUT2D eigenvalue weighted by Gasteiger charge is -2.14. The highest BCUT2D eigenvalue weighted by atomic mass is 79.9. The van der Waals surface area contributed by atoms with Crippen molar-refractivity contribution >= 4 is 26.0 Å². The average Bonchev–Trinajstić information content (AvgIpc) is 2.47. The van der Waals surface area contributed by atoms with Gasteiger partial charge in [-0.2, -0.15) is 0 Å². The van der Waals surface area contributed by atoms with Crippen LogP contribution in [0.25, 0.3) is 0 Å². The van der Waals surface area contributed by atoms with Crippen molar-refractivity contribution in [2.45, 2.75) is 50.3 Å². The molecular weight excluding hydrogens is 350 g/mol. The van der Waals surface area contributed by atoms with Gasteiger partial charge in [-0.15, -0.1) is 0 Å². The zero-order valence-electron chi connectivity index (χ0n) is 12.4. The Morgan fingerprint density at radius 2 is 2.10 bits per heavy atom. The Morgan fingerprint density at radius 3 is 2.76 bits per heavy atom. The van der Waals surface area contributed by atoms with Gasteiger partial charge < -0.3 is 0 Å². The van der Waals surface area contributed by atoms with E-state index in [1.54, 1.807) is 12.1 Å². The van der Waals surface area contributed by atoms with Crippen molar-refractivity contribution in [3.8, 4) is 0 Å². The van der Waals surface area contributed by atoms with Crippen molar-refractivity contribution in [1.82, 2.24) is 4.72 Å². The Hall–Kier alpha value is -0.650. The molecule has 5 heteroatoms. The molecule has 0 heterocycles. The van der Waals surface area contributed by atoms with Gasteiger partial charge in [0.25, 0.3) is 0 Å². The standard InChI is InChI=1S/C16H22BrNO2S/c1-2-14-12-15(17)8-9-16(14)21(19,20)18-11-10-13-6-4-3-5-7-13/h6,8-9,12,18H,2-5,7,10-11H2,1H3. The lowest BCUT2D eigenvalue weighted by molar-refractivity contribution is 0.578. The van der Waals surface area contributed by atoms with E-state index < -0.39 is 10.0 Å². The van der Waals surface area contributed by atoms with Gasteiger partial charge in [0.1, 0.15) is 0 Å². The van der Waals surface area contributed by atoms with E-state index in [0.29, 0.717) is 17.9 Å². The molecule has 0 atom stereocenters. The summed E-state index contributed by atoms with van der Waals surface area (Å²) in [7, 11) is -3.42. The molecule has 0 aliphatic heterocycles. The van der Waals surface area contributed by atoms with Gasteiger partial charge in [-0.3, -0.25) is 0 Å². The molecule has 1 aliphatic rings. The summed E-state index contributed by atoms with van der Waals surface area (Å²) in [6.07, 6.45) is 8.50. The molecule has 0 fully saturated rings. The predicted octanol–water partition coefficient (Wildman–Crippen LogP) is 4.18. The maximum absolute atomic E-state index is 12.4. The Bertz CT molecular complexity index is 623. The minimum atomic E-state index is -3.42. The third-order valence-corrected chi connectivity index (χ3v) is 5.87. The van der Waals surface area contributed by atoms with Crippen molar-refractivity contribution in [2.24, 2.45) is 0 Å². The SMILES string of the molecule is CCc1cc(Br)ccc1S(=O)(=O)NCCC1=CCCCC1. The molecule has 0 bridgehead atoms. The fourth-order valence-electron chi connectivity index (χ4n) is 2.64. The largest absolute Gasteiger partial charge is 0.240 e. The summed E-state index contributed by atoms with van der Waals surface area (Å²) >= 11 is 3.39. The number of halogens is 1. The molecule has 3 nitrogen and oxygen atoms in total. The van der Waals surface area contributed by atoms with E-state index in [1.807, 2.05) is 13.0 Å². The number of allylic oxidation sites excluding steroid dienone is 1. The minimum Gasteiger partial charge on any atom is -0.211 e. The summed E-state index contributed by atoms with van der Waals surface area (Å²) in [6, 6.07) is 5.32. The van der Waals surface area contributed by atoms with Crippen LogP contribution >= 0.6 is 15.9 Å². The summed E-state index contributed by atoms with van der Waals surface area (Å²) in [5.41, 5.74) is 2.23. The Morgan fingerprint density at radius 1 is 1.29 bits per heavy atom. The van der Waals surface area contributed by atoms with Crippen LogP contribution in [-0.4, -0.2) is 15.0 Å².